The van der Waals surface area contributed by atoms with Gasteiger partial charge in [0, 0.05) is 53.9 Å². The van der Waals surface area contributed by atoms with Crippen molar-refractivity contribution in [3.63, 3.8) is 0 Å². The lowest BCUT2D eigenvalue weighted by molar-refractivity contribution is 0.425. The number of aryl methyl sites for hydroxylation is 1. The summed E-state index contributed by atoms with van der Waals surface area (Å²) in [7, 11) is 4.00. The molecule has 0 radical (unpaired) electrons. The van der Waals surface area contributed by atoms with Gasteiger partial charge >= 0.3 is 0 Å². The third-order valence-corrected chi connectivity index (χ3v) is 6.33. The second kappa shape index (κ2) is 9.64. The molecule has 10 heteroatoms. The van der Waals surface area contributed by atoms with Gasteiger partial charge in [0.05, 0.1) is 22.9 Å². The Morgan fingerprint density at radius 2 is 1.89 bits per heavy atom. The van der Waals surface area contributed by atoms with E-state index in [0.717, 1.165) is 51.1 Å². The SMILES string of the molecule is Cc1cncc(-c2cc3c(-c4nc5nccc(-c6cc(F)cc(NCCN(C)C)c6)c5[nH]4)n[nH]c3cn2)c1. The fourth-order valence-electron chi connectivity index (χ4n) is 4.48. The van der Waals surface area contributed by atoms with E-state index < -0.39 is 0 Å². The van der Waals surface area contributed by atoms with E-state index in [1.54, 1.807) is 18.6 Å². The highest BCUT2D eigenvalue weighted by molar-refractivity contribution is 5.97. The van der Waals surface area contributed by atoms with Gasteiger partial charge in [0.2, 0.25) is 0 Å². The van der Waals surface area contributed by atoms with Gasteiger partial charge in [-0.15, -0.1) is 0 Å². The number of aromatic amines is 2. The minimum absolute atomic E-state index is 0.316. The average Bonchev–Trinajstić information content (AvgIpc) is 3.51. The Balaban J connectivity index is 1.40. The van der Waals surface area contributed by atoms with Crippen LogP contribution < -0.4 is 5.32 Å². The molecule has 0 fully saturated rings. The number of halogens is 1. The van der Waals surface area contributed by atoms with E-state index in [4.69, 9.17) is 4.98 Å². The molecule has 0 saturated heterocycles. The number of hydrogen-bond acceptors (Lipinski definition) is 7. The van der Waals surface area contributed by atoms with Gasteiger partial charge in [0.15, 0.2) is 11.5 Å². The summed E-state index contributed by atoms with van der Waals surface area (Å²) in [5.74, 6) is 0.245. The summed E-state index contributed by atoms with van der Waals surface area (Å²) in [5, 5.41) is 11.7. The van der Waals surface area contributed by atoms with Gasteiger partial charge in [-0.3, -0.25) is 15.1 Å². The van der Waals surface area contributed by atoms with E-state index in [-0.39, 0.29) is 5.82 Å². The van der Waals surface area contributed by atoms with E-state index in [9.17, 15) is 4.39 Å². The van der Waals surface area contributed by atoms with Crippen molar-refractivity contribution in [1.82, 2.24) is 40.0 Å². The number of imidazole rings is 1. The minimum Gasteiger partial charge on any atom is -0.384 e. The number of rotatable bonds is 7. The maximum Gasteiger partial charge on any atom is 0.178 e. The topological polar surface area (TPSA) is 111 Å². The van der Waals surface area contributed by atoms with Gasteiger partial charge in [-0.2, -0.15) is 5.10 Å². The molecule has 0 saturated carbocycles. The fourth-order valence-corrected chi connectivity index (χ4v) is 4.48. The quantitative estimate of drug-likeness (QED) is 0.277. The average molecular weight is 508 g/mol. The van der Waals surface area contributed by atoms with E-state index in [2.05, 4.69) is 40.3 Å². The number of pyridine rings is 3. The summed E-state index contributed by atoms with van der Waals surface area (Å²) < 4.78 is 14.6. The lowest BCUT2D eigenvalue weighted by atomic mass is 10.0. The Hall–Kier alpha value is -4.70. The van der Waals surface area contributed by atoms with E-state index in [1.165, 1.54) is 12.1 Å². The molecule has 38 heavy (non-hydrogen) atoms. The summed E-state index contributed by atoms with van der Waals surface area (Å²) >= 11 is 0. The molecule has 0 unspecified atom stereocenters. The van der Waals surface area contributed by atoms with Gasteiger partial charge in [-0.1, -0.05) is 0 Å². The molecule has 0 spiro atoms. The summed E-state index contributed by atoms with van der Waals surface area (Å²) in [4.78, 5) is 23.5. The maximum atomic E-state index is 14.6. The third-order valence-electron chi connectivity index (χ3n) is 6.33. The van der Waals surface area contributed by atoms with Crippen LogP contribution in [-0.2, 0) is 0 Å². The third kappa shape index (κ3) is 4.57. The summed E-state index contributed by atoms with van der Waals surface area (Å²) in [6.07, 6.45) is 7.04. The smallest absolute Gasteiger partial charge is 0.178 e. The largest absolute Gasteiger partial charge is 0.384 e. The molecular weight excluding hydrogens is 481 g/mol. The number of aromatic nitrogens is 7. The van der Waals surface area contributed by atoms with Gasteiger partial charge in [-0.25, -0.2) is 14.4 Å². The van der Waals surface area contributed by atoms with Crippen LogP contribution in [0.5, 0.6) is 0 Å². The number of anilines is 1. The van der Waals surface area contributed by atoms with Crippen LogP contribution in [0.1, 0.15) is 5.56 Å². The fraction of sp³-hybridized carbons (Fsp3) is 0.179. The first kappa shape index (κ1) is 23.7. The first-order valence-electron chi connectivity index (χ1n) is 12.3. The molecule has 5 aromatic heterocycles. The van der Waals surface area contributed by atoms with Gasteiger partial charge in [-0.05, 0) is 68.5 Å². The predicted molar refractivity (Wildman–Crippen MR) is 147 cm³/mol. The maximum absolute atomic E-state index is 14.6. The second-order valence-corrected chi connectivity index (χ2v) is 9.54. The van der Waals surface area contributed by atoms with Crippen LogP contribution in [0.4, 0.5) is 10.1 Å². The number of benzene rings is 1. The first-order valence-corrected chi connectivity index (χ1v) is 12.3. The molecule has 0 aliphatic rings. The Bertz CT molecular complexity index is 1770. The number of nitrogens with zero attached hydrogens (tertiary/aromatic N) is 6. The monoisotopic (exact) mass is 507 g/mol. The zero-order valence-corrected chi connectivity index (χ0v) is 21.2. The normalized spacial score (nSPS) is 11.6. The molecule has 6 rings (SSSR count). The lowest BCUT2D eigenvalue weighted by Gasteiger charge is -2.13. The van der Waals surface area contributed by atoms with Crippen molar-refractivity contribution >= 4 is 27.8 Å². The first-order chi connectivity index (χ1) is 18.4. The lowest BCUT2D eigenvalue weighted by Crippen LogP contribution is -2.20. The summed E-state index contributed by atoms with van der Waals surface area (Å²) in [6.45, 7) is 3.54. The highest BCUT2D eigenvalue weighted by atomic mass is 19.1. The van der Waals surface area contributed by atoms with Crippen molar-refractivity contribution in [3.05, 3.63) is 72.6 Å². The molecule has 0 aliphatic carbocycles. The van der Waals surface area contributed by atoms with Crippen LogP contribution in [0.3, 0.4) is 0 Å². The number of likely N-dealkylation sites (N-methyl/N-ethyl adjacent to an activating group) is 1. The van der Waals surface area contributed by atoms with Crippen molar-refractivity contribution < 1.29 is 4.39 Å². The zero-order chi connectivity index (χ0) is 26.2. The van der Waals surface area contributed by atoms with Crippen LogP contribution in [0, 0.1) is 12.7 Å². The van der Waals surface area contributed by atoms with Crippen molar-refractivity contribution in [2.75, 3.05) is 32.5 Å². The van der Waals surface area contributed by atoms with Crippen molar-refractivity contribution in [1.29, 1.82) is 0 Å². The molecule has 190 valence electrons. The highest BCUT2D eigenvalue weighted by Crippen LogP contribution is 2.33. The molecule has 1 aromatic carbocycles. The van der Waals surface area contributed by atoms with E-state index in [1.807, 2.05) is 51.5 Å². The van der Waals surface area contributed by atoms with Crippen molar-refractivity contribution in [3.8, 4) is 33.9 Å². The zero-order valence-electron chi connectivity index (χ0n) is 21.2. The summed E-state index contributed by atoms with van der Waals surface area (Å²) in [5.41, 5.74) is 7.70. The Morgan fingerprint density at radius 3 is 2.74 bits per heavy atom. The van der Waals surface area contributed by atoms with Crippen LogP contribution in [0.2, 0.25) is 0 Å². The van der Waals surface area contributed by atoms with Crippen LogP contribution in [-0.4, -0.2) is 67.2 Å². The number of fused-ring (bicyclic) bond motifs is 2. The molecule has 0 bridgehead atoms. The molecule has 0 aliphatic heterocycles. The molecule has 5 heterocycles. The molecule has 9 nitrogen and oxygen atoms in total. The van der Waals surface area contributed by atoms with Crippen LogP contribution >= 0.6 is 0 Å². The number of H-pyrrole nitrogens is 2. The highest BCUT2D eigenvalue weighted by Gasteiger charge is 2.17. The second-order valence-electron chi connectivity index (χ2n) is 9.54. The molecule has 3 N–H and O–H groups in total. The van der Waals surface area contributed by atoms with Crippen LogP contribution in [0.25, 0.3) is 56.0 Å². The minimum atomic E-state index is -0.316. The Morgan fingerprint density at radius 1 is 1.00 bits per heavy atom. The molecule has 6 aromatic rings. The number of nitrogens with one attached hydrogen (secondary N) is 3. The molecule has 0 atom stereocenters. The molecule has 0 amide bonds. The van der Waals surface area contributed by atoms with Gasteiger partial charge < -0.3 is 15.2 Å². The van der Waals surface area contributed by atoms with Gasteiger partial charge in [0.1, 0.15) is 11.5 Å². The van der Waals surface area contributed by atoms with E-state index in [0.29, 0.717) is 29.2 Å². The van der Waals surface area contributed by atoms with Crippen LogP contribution in [0.15, 0.2) is 61.2 Å². The predicted octanol–water partition coefficient (Wildman–Crippen LogP) is 5.05. The van der Waals surface area contributed by atoms with Crippen molar-refractivity contribution in [2.45, 2.75) is 6.92 Å². The van der Waals surface area contributed by atoms with Crippen molar-refractivity contribution in [2.24, 2.45) is 0 Å². The Labute approximate surface area is 218 Å². The summed E-state index contributed by atoms with van der Waals surface area (Å²) in [6, 6.07) is 10.8. The Kier molecular flexibility index (Phi) is 6.01. The molecular formula is C28H26FN9. The van der Waals surface area contributed by atoms with Gasteiger partial charge in [0.25, 0.3) is 0 Å². The van der Waals surface area contributed by atoms with E-state index >= 15 is 0 Å². The standard InChI is InChI=1S/C28H26FN9/c1-16-8-18(14-30-13-16)23-12-22-24(15-33-23)36-37-26(22)28-34-25-21(4-5-32-27(25)35-28)17-9-19(29)11-20(10-17)31-6-7-38(2)3/h4-5,8-15,31H,6-7H2,1-3H3,(H,36,37)(H,32,34,35). The number of hydrogen-bond donors (Lipinski definition) is 3.